The second kappa shape index (κ2) is 9.52. The Labute approximate surface area is 163 Å². The molecule has 2 aromatic rings. The summed E-state index contributed by atoms with van der Waals surface area (Å²) in [5.41, 5.74) is 7.81. The molecule has 0 spiro atoms. The lowest BCUT2D eigenvalue weighted by Gasteiger charge is -2.15. The topological polar surface area (TPSA) is 98.3 Å². The van der Waals surface area contributed by atoms with Crippen molar-refractivity contribution in [2.24, 2.45) is 5.73 Å². The number of halogens is 2. The van der Waals surface area contributed by atoms with Crippen LogP contribution in [0.4, 0.5) is 5.69 Å². The quantitative estimate of drug-likeness (QED) is 0.562. The third kappa shape index (κ3) is 5.42. The number of hydrogen-bond acceptors (Lipinski definition) is 4. The minimum Gasteiger partial charge on any atom is -0.350 e. The average molecular weight is 398 g/mol. The van der Waals surface area contributed by atoms with Crippen molar-refractivity contribution in [3.63, 3.8) is 0 Å². The lowest BCUT2D eigenvalue weighted by molar-refractivity contribution is -0.385. The SMILES string of the molecule is CC(C)c1ccc(C(N)CNC(=O)c2cc(Cl)ccc2[N+](=O)[O-])cc1.Cl. The number of rotatable bonds is 6. The third-order valence-electron chi connectivity index (χ3n) is 3.91. The van der Waals surface area contributed by atoms with Crippen molar-refractivity contribution in [3.8, 4) is 0 Å². The van der Waals surface area contributed by atoms with Crippen LogP contribution in [0.3, 0.4) is 0 Å². The van der Waals surface area contributed by atoms with Crippen molar-refractivity contribution in [2.75, 3.05) is 6.54 Å². The number of carbonyl (C=O) groups excluding carboxylic acids is 1. The molecule has 0 fully saturated rings. The molecule has 0 radical (unpaired) electrons. The molecular weight excluding hydrogens is 377 g/mol. The highest BCUT2D eigenvalue weighted by Crippen LogP contribution is 2.23. The number of hydrogen-bond donors (Lipinski definition) is 2. The van der Waals surface area contributed by atoms with Crippen LogP contribution in [0.5, 0.6) is 0 Å². The van der Waals surface area contributed by atoms with E-state index in [1.807, 2.05) is 24.3 Å². The highest BCUT2D eigenvalue weighted by molar-refractivity contribution is 6.31. The molecule has 3 N–H and O–H groups in total. The van der Waals surface area contributed by atoms with E-state index in [1.54, 1.807) is 0 Å². The Morgan fingerprint density at radius 1 is 1.19 bits per heavy atom. The predicted octanol–water partition coefficient (Wildman–Crippen LogP) is 4.22. The normalized spacial score (nSPS) is 11.6. The van der Waals surface area contributed by atoms with E-state index < -0.39 is 16.9 Å². The maximum absolute atomic E-state index is 12.3. The largest absolute Gasteiger partial charge is 0.350 e. The van der Waals surface area contributed by atoms with E-state index in [0.717, 1.165) is 5.56 Å². The molecule has 0 bridgehead atoms. The molecule has 0 saturated heterocycles. The van der Waals surface area contributed by atoms with Crippen molar-refractivity contribution in [1.29, 1.82) is 0 Å². The van der Waals surface area contributed by atoms with Crippen LogP contribution in [0.1, 0.15) is 47.3 Å². The number of carbonyl (C=O) groups is 1. The minimum atomic E-state index is -0.615. The lowest BCUT2D eigenvalue weighted by Crippen LogP contribution is -2.32. The van der Waals surface area contributed by atoms with Gasteiger partial charge in [0.05, 0.1) is 4.92 Å². The van der Waals surface area contributed by atoms with E-state index in [0.29, 0.717) is 5.92 Å². The van der Waals surface area contributed by atoms with E-state index in [4.69, 9.17) is 17.3 Å². The van der Waals surface area contributed by atoms with Crippen LogP contribution in [0.25, 0.3) is 0 Å². The Morgan fingerprint density at radius 3 is 2.31 bits per heavy atom. The molecule has 1 atom stereocenters. The van der Waals surface area contributed by atoms with Crippen LogP contribution in [-0.2, 0) is 0 Å². The number of nitrogens with zero attached hydrogens (tertiary/aromatic N) is 1. The molecule has 1 amide bonds. The Bertz CT molecular complexity index is 780. The molecule has 2 aromatic carbocycles. The van der Waals surface area contributed by atoms with Crippen molar-refractivity contribution in [1.82, 2.24) is 5.32 Å². The lowest BCUT2D eigenvalue weighted by atomic mass is 9.99. The zero-order valence-electron chi connectivity index (χ0n) is 14.4. The Hall–Kier alpha value is -2.15. The van der Waals surface area contributed by atoms with Gasteiger partial charge in [0.1, 0.15) is 5.56 Å². The van der Waals surface area contributed by atoms with Gasteiger partial charge in [-0.15, -0.1) is 12.4 Å². The van der Waals surface area contributed by atoms with E-state index in [9.17, 15) is 14.9 Å². The molecule has 140 valence electrons. The van der Waals surface area contributed by atoms with Crippen LogP contribution >= 0.6 is 24.0 Å². The molecule has 8 heteroatoms. The molecule has 0 aromatic heterocycles. The highest BCUT2D eigenvalue weighted by atomic mass is 35.5. The molecule has 0 aliphatic carbocycles. The fraction of sp³-hybridized carbons (Fsp3) is 0.278. The van der Waals surface area contributed by atoms with Gasteiger partial charge in [0.15, 0.2) is 0 Å². The first kappa shape index (κ1) is 21.9. The molecule has 0 aliphatic rings. The first-order valence-electron chi connectivity index (χ1n) is 7.87. The fourth-order valence-corrected chi connectivity index (χ4v) is 2.57. The van der Waals surface area contributed by atoms with E-state index in [-0.39, 0.29) is 35.2 Å². The zero-order chi connectivity index (χ0) is 18.6. The summed E-state index contributed by atoms with van der Waals surface area (Å²) in [7, 11) is 0. The van der Waals surface area contributed by atoms with Crippen LogP contribution < -0.4 is 11.1 Å². The van der Waals surface area contributed by atoms with Gasteiger partial charge in [0, 0.05) is 23.7 Å². The van der Waals surface area contributed by atoms with Gasteiger partial charge in [-0.25, -0.2) is 0 Å². The summed E-state index contributed by atoms with van der Waals surface area (Å²) in [6, 6.07) is 11.3. The monoisotopic (exact) mass is 397 g/mol. The fourth-order valence-electron chi connectivity index (χ4n) is 2.39. The first-order valence-corrected chi connectivity index (χ1v) is 8.25. The Kier molecular flexibility index (Phi) is 8.02. The minimum absolute atomic E-state index is 0. The average Bonchev–Trinajstić information content (AvgIpc) is 2.59. The smallest absolute Gasteiger partial charge is 0.282 e. The Morgan fingerprint density at radius 2 is 1.77 bits per heavy atom. The first-order chi connectivity index (χ1) is 11.8. The van der Waals surface area contributed by atoms with Crippen molar-refractivity contribution < 1.29 is 9.72 Å². The van der Waals surface area contributed by atoms with Crippen LogP contribution in [0, 0.1) is 10.1 Å². The molecule has 1 unspecified atom stereocenters. The van der Waals surface area contributed by atoms with Gasteiger partial charge >= 0.3 is 0 Å². The molecule has 0 heterocycles. The van der Waals surface area contributed by atoms with Gasteiger partial charge in [-0.2, -0.15) is 0 Å². The van der Waals surface area contributed by atoms with Gasteiger partial charge in [0.2, 0.25) is 0 Å². The van der Waals surface area contributed by atoms with Crippen molar-refractivity contribution in [3.05, 3.63) is 74.3 Å². The summed E-state index contributed by atoms with van der Waals surface area (Å²) in [6.07, 6.45) is 0. The number of nitrogens with one attached hydrogen (secondary N) is 1. The molecule has 0 saturated carbocycles. The van der Waals surface area contributed by atoms with E-state index in [1.165, 1.54) is 23.8 Å². The van der Waals surface area contributed by atoms with Gasteiger partial charge in [0.25, 0.3) is 11.6 Å². The number of nitro benzene ring substituents is 1. The molecule has 0 aliphatic heterocycles. The summed E-state index contributed by atoms with van der Waals surface area (Å²) >= 11 is 5.84. The number of benzene rings is 2. The molecule has 6 nitrogen and oxygen atoms in total. The second-order valence-corrected chi connectivity index (χ2v) is 6.49. The van der Waals surface area contributed by atoms with Crippen molar-refractivity contribution in [2.45, 2.75) is 25.8 Å². The molecule has 26 heavy (non-hydrogen) atoms. The van der Waals surface area contributed by atoms with Crippen LogP contribution in [0.2, 0.25) is 5.02 Å². The predicted molar refractivity (Wildman–Crippen MR) is 105 cm³/mol. The van der Waals surface area contributed by atoms with E-state index in [2.05, 4.69) is 19.2 Å². The summed E-state index contributed by atoms with van der Waals surface area (Å²) in [5.74, 6) is -0.156. The highest BCUT2D eigenvalue weighted by Gasteiger charge is 2.21. The summed E-state index contributed by atoms with van der Waals surface area (Å²) in [5, 5.41) is 13.9. The maximum Gasteiger partial charge on any atom is 0.282 e. The standard InChI is InChI=1S/C18H20ClN3O3.ClH/c1-11(2)12-3-5-13(6-4-12)16(20)10-21-18(23)15-9-14(19)7-8-17(15)22(24)25;/h3-9,11,16H,10,20H2,1-2H3,(H,21,23);1H. The van der Waals surface area contributed by atoms with Crippen LogP contribution in [-0.4, -0.2) is 17.4 Å². The van der Waals surface area contributed by atoms with Gasteiger partial charge < -0.3 is 11.1 Å². The zero-order valence-corrected chi connectivity index (χ0v) is 16.0. The molecule has 2 rings (SSSR count). The number of nitro groups is 1. The maximum atomic E-state index is 12.3. The summed E-state index contributed by atoms with van der Waals surface area (Å²) < 4.78 is 0. The number of nitrogens with two attached hydrogens (primary N) is 1. The number of amides is 1. The second-order valence-electron chi connectivity index (χ2n) is 6.06. The molecular formula is C18H21Cl2N3O3. The van der Waals surface area contributed by atoms with Gasteiger partial charge in [-0.3, -0.25) is 14.9 Å². The third-order valence-corrected chi connectivity index (χ3v) is 4.15. The summed E-state index contributed by atoms with van der Waals surface area (Å²) in [4.78, 5) is 22.7. The van der Waals surface area contributed by atoms with Gasteiger partial charge in [-0.1, -0.05) is 49.7 Å². The summed E-state index contributed by atoms with van der Waals surface area (Å²) in [6.45, 7) is 4.36. The van der Waals surface area contributed by atoms with Crippen LogP contribution in [0.15, 0.2) is 42.5 Å². The van der Waals surface area contributed by atoms with Crippen molar-refractivity contribution >= 4 is 35.6 Å². The van der Waals surface area contributed by atoms with Gasteiger partial charge in [-0.05, 0) is 29.2 Å². The van der Waals surface area contributed by atoms with E-state index >= 15 is 0 Å². The Balaban J connectivity index is 0.00000338.